The Morgan fingerprint density at radius 1 is 1.07 bits per heavy atom. The van der Waals surface area contributed by atoms with Gasteiger partial charge in [-0.25, -0.2) is 0 Å². The van der Waals surface area contributed by atoms with Crippen molar-refractivity contribution in [3.63, 3.8) is 0 Å². The monoisotopic (exact) mass is 476 g/mol. The summed E-state index contributed by atoms with van der Waals surface area (Å²) >= 11 is 5.37. The first-order valence-electron chi connectivity index (χ1n) is 10.4. The minimum atomic E-state index is -0.00975. The van der Waals surface area contributed by atoms with Crippen molar-refractivity contribution < 1.29 is 4.79 Å². The molecule has 0 radical (unpaired) electrons. The maximum absolute atomic E-state index is 12.9. The van der Waals surface area contributed by atoms with Crippen LogP contribution in [0.5, 0.6) is 0 Å². The lowest BCUT2D eigenvalue weighted by atomic mass is 10.1. The van der Waals surface area contributed by atoms with Gasteiger partial charge in [0.05, 0.1) is 26.4 Å². The zero-order valence-corrected chi connectivity index (χ0v) is 19.6. The van der Waals surface area contributed by atoms with Crippen LogP contribution in [0, 0.1) is 6.92 Å². The Morgan fingerprint density at radius 3 is 2.59 bits per heavy atom. The molecule has 2 aliphatic heterocycles. The standard InChI is InChI=1S/C22H29BrN4OS/c1-16-19-20(21(23)29-16)27(18-9-5-4-8-17(18)24-22(19)28)11-7-3-6-10-26-14-12-25(2)13-15-26/h4-5,8-9H,3,6-7,10-15H2,1-2H3,(H,24,28). The van der Waals surface area contributed by atoms with Gasteiger partial charge in [-0.05, 0) is 61.4 Å². The summed E-state index contributed by atoms with van der Waals surface area (Å²) in [4.78, 5) is 21.2. The number of carbonyl (C=O) groups is 1. The van der Waals surface area contributed by atoms with E-state index < -0.39 is 0 Å². The van der Waals surface area contributed by atoms with Crippen LogP contribution in [0.4, 0.5) is 17.1 Å². The van der Waals surface area contributed by atoms with Crippen LogP contribution in [0.25, 0.3) is 0 Å². The summed E-state index contributed by atoms with van der Waals surface area (Å²) in [7, 11) is 2.20. The number of halogens is 1. The van der Waals surface area contributed by atoms with E-state index in [0.717, 1.165) is 44.3 Å². The highest BCUT2D eigenvalue weighted by atomic mass is 79.9. The number of carbonyl (C=O) groups excluding carboxylic acids is 1. The Balaban J connectivity index is 1.44. The van der Waals surface area contributed by atoms with Crippen molar-refractivity contribution in [2.24, 2.45) is 0 Å². The molecule has 1 fully saturated rings. The number of thiophene rings is 1. The van der Waals surface area contributed by atoms with Gasteiger partial charge in [0.2, 0.25) is 0 Å². The van der Waals surface area contributed by atoms with E-state index >= 15 is 0 Å². The third-order valence-corrected chi connectivity index (χ3v) is 7.65. The number of para-hydroxylation sites is 2. The molecule has 4 rings (SSSR count). The van der Waals surface area contributed by atoms with Crippen molar-refractivity contribution in [2.45, 2.75) is 26.2 Å². The predicted octanol–water partition coefficient (Wildman–Crippen LogP) is 4.94. The number of unbranched alkanes of at least 4 members (excludes halogenated alkanes) is 2. The number of hydrogen-bond donors (Lipinski definition) is 1. The molecule has 156 valence electrons. The second-order valence-electron chi connectivity index (χ2n) is 7.98. The topological polar surface area (TPSA) is 38.8 Å². The number of likely N-dealkylation sites (N-methyl/N-ethyl adjacent to an activating group) is 1. The van der Waals surface area contributed by atoms with Crippen LogP contribution in [0.2, 0.25) is 0 Å². The first kappa shape index (κ1) is 20.8. The van der Waals surface area contributed by atoms with Crippen LogP contribution in [0.1, 0.15) is 34.5 Å². The van der Waals surface area contributed by atoms with Gasteiger partial charge in [0.1, 0.15) is 0 Å². The van der Waals surface area contributed by atoms with Crippen LogP contribution < -0.4 is 10.2 Å². The van der Waals surface area contributed by atoms with E-state index in [1.165, 1.54) is 45.6 Å². The van der Waals surface area contributed by atoms with E-state index in [1.54, 1.807) is 11.3 Å². The molecule has 1 N–H and O–H groups in total. The Hall–Kier alpha value is -1.41. The van der Waals surface area contributed by atoms with Gasteiger partial charge >= 0.3 is 0 Å². The summed E-state index contributed by atoms with van der Waals surface area (Å²) in [5.74, 6) is -0.00975. The summed E-state index contributed by atoms with van der Waals surface area (Å²) in [5, 5.41) is 3.11. The largest absolute Gasteiger partial charge is 0.338 e. The number of anilines is 3. The van der Waals surface area contributed by atoms with Gasteiger partial charge in [0, 0.05) is 37.6 Å². The van der Waals surface area contributed by atoms with Crippen LogP contribution in [0.3, 0.4) is 0 Å². The molecule has 1 saturated heterocycles. The van der Waals surface area contributed by atoms with E-state index in [4.69, 9.17) is 0 Å². The smallest absolute Gasteiger partial charge is 0.259 e. The average Bonchev–Trinajstić information content (AvgIpc) is 2.93. The first-order valence-corrected chi connectivity index (χ1v) is 12.0. The summed E-state index contributed by atoms with van der Waals surface area (Å²) in [5.41, 5.74) is 3.80. The molecule has 7 heteroatoms. The van der Waals surface area contributed by atoms with Crippen molar-refractivity contribution >= 4 is 50.2 Å². The van der Waals surface area contributed by atoms with Crippen molar-refractivity contribution in [2.75, 3.05) is 56.5 Å². The highest BCUT2D eigenvalue weighted by Gasteiger charge is 2.30. The van der Waals surface area contributed by atoms with Gasteiger partial charge in [-0.1, -0.05) is 18.6 Å². The Morgan fingerprint density at radius 2 is 1.79 bits per heavy atom. The maximum atomic E-state index is 12.9. The van der Waals surface area contributed by atoms with Gasteiger partial charge in [-0.2, -0.15) is 0 Å². The maximum Gasteiger partial charge on any atom is 0.259 e. The molecule has 29 heavy (non-hydrogen) atoms. The summed E-state index contributed by atoms with van der Waals surface area (Å²) < 4.78 is 1.04. The molecule has 0 atom stereocenters. The SMILES string of the molecule is Cc1sc(Br)c2c1C(=O)Nc1ccccc1N2CCCCCN1CCN(C)CC1. The first-order chi connectivity index (χ1) is 14.0. The van der Waals surface area contributed by atoms with E-state index in [2.05, 4.69) is 49.1 Å². The molecular weight excluding hydrogens is 448 g/mol. The molecule has 0 aliphatic carbocycles. The molecule has 2 aromatic rings. The lowest BCUT2D eigenvalue weighted by molar-refractivity contribution is 0.102. The lowest BCUT2D eigenvalue weighted by Gasteiger charge is -2.32. The molecule has 0 saturated carbocycles. The number of nitrogens with one attached hydrogen (secondary N) is 1. The highest BCUT2D eigenvalue weighted by Crippen LogP contribution is 2.46. The van der Waals surface area contributed by atoms with E-state index in [1.807, 2.05) is 25.1 Å². The number of nitrogens with zero attached hydrogens (tertiary/aromatic N) is 3. The van der Waals surface area contributed by atoms with Gasteiger partial charge in [0.15, 0.2) is 0 Å². The molecule has 1 amide bonds. The van der Waals surface area contributed by atoms with E-state index in [0.29, 0.717) is 0 Å². The molecule has 3 heterocycles. The second-order valence-corrected chi connectivity index (χ2v) is 10.5. The van der Waals surface area contributed by atoms with Crippen molar-refractivity contribution in [3.8, 4) is 0 Å². The number of hydrogen-bond acceptors (Lipinski definition) is 5. The van der Waals surface area contributed by atoms with Gasteiger partial charge in [0.25, 0.3) is 5.91 Å². The molecule has 0 unspecified atom stereocenters. The molecule has 0 bridgehead atoms. The number of aryl methyl sites for hydroxylation is 1. The molecule has 5 nitrogen and oxygen atoms in total. The number of piperazine rings is 1. The highest BCUT2D eigenvalue weighted by molar-refractivity contribution is 9.11. The van der Waals surface area contributed by atoms with Crippen LogP contribution in [-0.4, -0.2) is 62.0 Å². The molecular formula is C22H29BrN4OS. The van der Waals surface area contributed by atoms with Gasteiger partial charge < -0.3 is 20.0 Å². The van der Waals surface area contributed by atoms with E-state index in [-0.39, 0.29) is 5.91 Å². The summed E-state index contributed by atoms with van der Waals surface area (Å²) in [6.07, 6.45) is 3.53. The fourth-order valence-corrected chi connectivity index (χ4v) is 6.22. The fraction of sp³-hybridized carbons (Fsp3) is 0.500. The van der Waals surface area contributed by atoms with E-state index in [9.17, 15) is 4.79 Å². The number of amides is 1. The molecule has 0 spiro atoms. The second kappa shape index (κ2) is 9.16. The lowest BCUT2D eigenvalue weighted by Crippen LogP contribution is -2.44. The normalized spacial score (nSPS) is 17.6. The fourth-order valence-electron chi connectivity index (χ4n) is 4.21. The van der Waals surface area contributed by atoms with Crippen LogP contribution >= 0.6 is 27.3 Å². The Bertz CT molecular complexity index is 876. The zero-order chi connectivity index (χ0) is 20.4. The number of fused-ring (bicyclic) bond motifs is 2. The third kappa shape index (κ3) is 4.53. The van der Waals surface area contributed by atoms with Crippen molar-refractivity contribution in [1.29, 1.82) is 0 Å². The average molecular weight is 477 g/mol. The predicted molar refractivity (Wildman–Crippen MR) is 126 cm³/mol. The molecule has 1 aromatic carbocycles. The van der Waals surface area contributed by atoms with Gasteiger partial charge in [-0.15, -0.1) is 11.3 Å². The minimum absolute atomic E-state index is 0.00975. The van der Waals surface area contributed by atoms with Crippen molar-refractivity contribution in [1.82, 2.24) is 9.80 Å². The molecule has 2 aliphatic rings. The van der Waals surface area contributed by atoms with Gasteiger partial charge in [-0.3, -0.25) is 4.79 Å². The number of rotatable bonds is 6. The van der Waals surface area contributed by atoms with Crippen LogP contribution in [0.15, 0.2) is 28.1 Å². The third-order valence-electron chi connectivity index (χ3n) is 5.91. The van der Waals surface area contributed by atoms with Crippen LogP contribution in [-0.2, 0) is 0 Å². The van der Waals surface area contributed by atoms with Crippen molar-refractivity contribution in [3.05, 3.63) is 38.5 Å². The quantitative estimate of drug-likeness (QED) is 0.599. The Kier molecular flexibility index (Phi) is 6.59. The zero-order valence-electron chi connectivity index (χ0n) is 17.2. The summed E-state index contributed by atoms with van der Waals surface area (Å²) in [6.45, 7) is 8.87. The summed E-state index contributed by atoms with van der Waals surface area (Å²) in [6, 6.07) is 8.12. The Labute approximate surface area is 185 Å². The molecule has 1 aromatic heterocycles. The minimum Gasteiger partial charge on any atom is -0.338 e. The number of benzene rings is 1.